The number of aromatic nitrogens is 2. The zero-order valence-electron chi connectivity index (χ0n) is 23.9. The normalized spacial score (nSPS) is 14.6. The molecule has 12 heteroatoms. The van der Waals surface area contributed by atoms with Crippen LogP contribution in [-0.4, -0.2) is 39.6 Å². The molecule has 0 radical (unpaired) electrons. The third-order valence-electron chi connectivity index (χ3n) is 7.86. The van der Waals surface area contributed by atoms with Crippen molar-refractivity contribution in [3.63, 3.8) is 0 Å². The number of anilines is 1. The molecule has 0 saturated carbocycles. The highest BCUT2D eigenvalue weighted by Gasteiger charge is 2.35. The molecule has 1 fully saturated rings. The molecule has 1 aliphatic rings. The lowest BCUT2D eigenvalue weighted by Crippen LogP contribution is -2.53. The van der Waals surface area contributed by atoms with Gasteiger partial charge < -0.3 is 15.5 Å². The summed E-state index contributed by atoms with van der Waals surface area (Å²) in [5.41, 5.74) is 4.28. The Morgan fingerprint density at radius 3 is 2.14 bits per heavy atom. The van der Waals surface area contributed by atoms with Gasteiger partial charge in [-0.05, 0) is 30.2 Å². The van der Waals surface area contributed by atoms with E-state index in [1.54, 1.807) is 35.2 Å². The first-order valence-electron chi connectivity index (χ1n) is 14.0. The lowest BCUT2D eigenvalue weighted by atomic mass is 10.1. The second kappa shape index (κ2) is 12.5. The molecule has 1 unspecified atom stereocenters. The molecule has 1 amide bonds. The van der Waals surface area contributed by atoms with Crippen LogP contribution in [0.15, 0.2) is 88.5 Å². The largest absolute Gasteiger partial charge is 0.416 e. The van der Waals surface area contributed by atoms with Crippen molar-refractivity contribution in [2.45, 2.75) is 38.8 Å². The summed E-state index contributed by atoms with van der Waals surface area (Å²) in [6, 6.07) is 19.9. The van der Waals surface area contributed by atoms with Crippen LogP contribution < -0.4 is 21.9 Å². The third-order valence-corrected chi connectivity index (χ3v) is 7.86. The molecule has 44 heavy (non-hydrogen) atoms. The molecule has 0 spiro atoms. The van der Waals surface area contributed by atoms with Crippen LogP contribution in [0, 0.1) is 12.7 Å². The van der Waals surface area contributed by atoms with Crippen LogP contribution in [-0.2, 0) is 30.6 Å². The van der Waals surface area contributed by atoms with E-state index in [-0.39, 0.29) is 43.5 Å². The highest BCUT2D eigenvalue weighted by molar-refractivity contribution is 5.83. The Hall–Kier alpha value is -4.71. The van der Waals surface area contributed by atoms with Crippen LogP contribution in [0.4, 0.5) is 23.2 Å². The first-order chi connectivity index (χ1) is 21.0. The standard InChI is InChI=1S/C32H31F4N5O3/c1-21-29(39-16-15-38(28(42)20-39)17-22-9-4-2-5-10-22)30(43)41(19-27(37)23-11-6-3-7-12-23)31(44)40(21)18-24-25(32(34,35)36)13-8-14-26(24)33/h2-14,27H,15-20,37H2,1H3. The Labute approximate surface area is 250 Å². The summed E-state index contributed by atoms with van der Waals surface area (Å²) in [6.07, 6.45) is -4.89. The molecular formula is C32H31F4N5O3. The van der Waals surface area contributed by atoms with Gasteiger partial charge in [0, 0.05) is 36.9 Å². The number of carbonyl (C=O) groups excluding carboxylic acids is 1. The van der Waals surface area contributed by atoms with Gasteiger partial charge in [-0.1, -0.05) is 66.7 Å². The summed E-state index contributed by atoms with van der Waals surface area (Å²) in [5, 5.41) is 0. The number of nitrogens with zero attached hydrogens (tertiary/aromatic N) is 4. The molecule has 1 aromatic heterocycles. The molecule has 8 nitrogen and oxygen atoms in total. The Morgan fingerprint density at radius 2 is 1.50 bits per heavy atom. The number of carbonyl (C=O) groups is 1. The van der Waals surface area contributed by atoms with Gasteiger partial charge in [-0.3, -0.25) is 18.7 Å². The van der Waals surface area contributed by atoms with E-state index in [9.17, 15) is 31.9 Å². The van der Waals surface area contributed by atoms with Crippen molar-refractivity contribution in [1.29, 1.82) is 0 Å². The van der Waals surface area contributed by atoms with Gasteiger partial charge in [0.05, 0.1) is 25.2 Å². The fourth-order valence-corrected chi connectivity index (χ4v) is 5.51. The first kappa shape index (κ1) is 30.7. The summed E-state index contributed by atoms with van der Waals surface area (Å²) in [6.45, 7) is 0.998. The van der Waals surface area contributed by atoms with Crippen molar-refractivity contribution >= 4 is 11.6 Å². The second-order valence-electron chi connectivity index (χ2n) is 10.7. The maximum Gasteiger partial charge on any atom is 0.416 e. The van der Waals surface area contributed by atoms with E-state index in [0.717, 1.165) is 32.9 Å². The summed E-state index contributed by atoms with van der Waals surface area (Å²) in [4.78, 5) is 44.1. The lowest BCUT2D eigenvalue weighted by molar-refractivity contribution is -0.138. The molecule has 5 rings (SSSR count). The van der Waals surface area contributed by atoms with Gasteiger partial charge in [-0.25, -0.2) is 9.18 Å². The van der Waals surface area contributed by atoms with Gasteiger partial charge in [0.2, 0.25) is 5.91 Å². The minimum atomic E-state index is -4.89. The number of amides is 1. The van der Waals surface area contributed by atoms with Crippen molar-refractivity contribution in [3.8, 4) is 0 Å². The number of alkyl halides is 3. The van der Waals surface area contributed by atoms with Gasteiger partial charge >= 0.3 is 11.9 Å². The molecule has 0 aliphatic carbocycles. The molecule has 4 aromatic rings. The van der Waals surface area contributed by atoms with E-state index in [0.29, 0.717) is 12.1 Å². The van der Waals surface area contributed by atoms with Crippen molar-refractivity contribution in [2.75, 3.05) is 24.5 Å². The van der Waals surface area contributed by atoms with Crippen molar-refractivity contribution in [3.05, 3.63) is 133 Å². The Morgan fingerprint density at radius 1 is 0.841 bits per heavy atom. The molecule has 2 heterocycles. The quantitative estimate of drug-likeness (QED) is 0.304. The van der Waals surface area contributed by atoms with Crippen LogP contribution in [0.25, 0.3) is 0 Å². The lowest BCUT2D eigenvalue weighted by Gasteiger charge is -2.36. The monoisotopic (exact) mass is 609 g/mol. The van der Waals surface area contributed by atoms with Gasteiger partial charge in [-0.2, -0.15) is 13.2 Å². The van der Waals surface area contributed by atoms with Crippen molar-refractivity contribution in [2.24, 2.45) is 5.73 Å². The molecule has 1 aliphatic heterocycles. The number of rotatable bonds is 8. The smallest absolute Gasteiger partial charge is 0.355 e. The number of halogens is 4. The van der Waals surface area contributed by atoms with E-state index in [1.807, 2.05) is 30.3 Å². The Bertz CT molecular complexity index is 1770. The number of hydrogen-bond donors (Lipinski definition) is 1. The van der Waals surface area contributed by atoms with E-state index >= 15 is 0 Å². The van der Waals surface area contributed by atoms with Crippen LogP contribution in [0.3, 0.4) is 0 Å². The van der Waals surface area contributed by atoms with Gasteiger partial charge in [0.15, 0.2) is 0 Å². The van der Waals surface area contributed by atoms with E-state index < -0.39 is 47.0 Å². The number of hydrogen-bond acceptors (Lipinski definition) is 5. The van der Waals surface area contributed by atoms with Gasteiger partial charge in [0.25, 0.3) is 5.56 Å². The molecule has 1 saturated heterocycles. The minimum absolute atomic E-state index is 0.0187. The van der Waals surface area contributed by atoms with Gasteiger partial charge in [-0.15, -0.1) is 0 Å². The predicted octanol–water partition coefficient (Wildman–Crippen LogP) is 4.07. The summed E-state index contributed by atoms with van der Waals surface area (Å²) >= 11 is 0. The topological polar surface area (TPSA) is 93.6 Å². The number of benzene rings is 3. The average Bonchev–Trinajstić information content (AvgIpc) is 3.00. The summed E-state index contributed by atoms with van der Waals surface area (Å²) in [5.74, 6) is -1.41. The summed E-state index contributed by atoms with van der Waals surface area (Å²) < 4.78 is 58.3. The number of nitrogens with two attached hydrogens (primary N) is 1. The van der Waals surface area contributed by atoms with Crippen molar-refractivity contribution in [1.82, 2.24) is 14.0 Å². The van der Waals surface area contributed by atoms with Gasteiger partial charge in [0.1, 0.15) is 11.5 Å². The molecule has 1 atom stereocenters. The zero-order valence-corrected chi connectivity index (χ0v) is 23.9. The zero-order chi connectivity index (χ0) is 31.6. The van der Waals surface area contributed by atoms with Crippen LogP contribution in [0.1, 0.15) is 34.0 Å². The summed E-state index contributed by atoms with van der Waals surface area (Å²) in [7, 11) is 0. The van der Waals surface area contributed by atoms with E-state index in [1.165, 1.54) is 11.8 Å². The predicted molar refractivity (Wildman–Crippen MR) is 158 cm³/mol. The van der Waals surface area contributed by atoms with E-state index in [2.05, 4.69) is 0 Å². The van der Waals surface area contributed by atoms with Crippen molar-refractivity contribution < 1.29 is 22.4 Å². The molecule has 230 valence electrons. The van der Waals surface area contributed by atoms with Crippen LogP contribution in [0.5, 0.6) is 0 Å². The van der Waals surface area contributed by atoms with Crippen LogP contribution in [0.2, 0.25) is 0 Å². The molecular weight excluding hydrogens is 578 g/mol. The highest BCUT2D eigenvalue weighted by atomic mass is 19.4. The fourth-order valence-electron chi connectivity index (χ4n) is 5.51. The maximum atomic E-state index is 14.9. The molecule has 2 N–H and O–H groups in total. The molecule has 0 bridgehead atoms. The second-order valence-corrected chi connectivity index (χ2v) is 10.7. The minimum Gasteiger partial charge on any atom is -0.355 e. The highest BCUT2D eigenvalue weighted by Crippen LogP contribution is 2.33. The third kappa shape index (κ3) is 6.30. The Balaban J connectivity index is 1.58. The van der Waals surface area contributed by atoms with E-state index in [4.69, 9.17) is 5.73 Å². The first-order valence-corrected chi connectivity index (χ1v) is 14.0. The number of piperazine rings is 1. The molecule has 3 aromatic carbocycles. The maximum absolute atomic E-state index is 14.9. The SMILES string of the molecule is Cc1c(N2CCN(Cc3ccccc3)C(=O)C2)c(=O)n(CC(N)c2ccccc2)c(=O)n1Cc1c(F)cccc1C(F)(F)F. The Kier molecular flexibility index (Phi) is 8.73. The average molecular weight is 610 g/mol. The fraction of sp³-hybridized carbons (Fsp3) is 0.281. The van der Waals surface area contributed by atoms with Crippen LogP contribution >= 0.6 is 0 Å².